The van der Waals surface area contributed by atoms with Crippen LogP contribution in [0.25, 0.3) is 10.9 Å². The molecule has 186 valence electrons. The number of H-pyrrole nitrogens is 1. The van der Waals surface area contributed by atoms with Gasteiger partial charge in [-0.3, -0.25) is 19.2 Å². The molecule has 1 aromatic carbocycles. The summed E-state index contributed by atoms with van der Waals surface area (Å²) in [5.41, 5.74) is 13.1. The molecule has 0 saturated carbocycles. The highest BCUT2D eigenvalue weighted by Crippen LogP contribution is 2.19. The van der Waals surface area contributed by atoms with Gasteiger partial charge in [0.25, 0.3) is 0 Å². The number of carbonyl (C=O) groups excluding carboxylic acids is 3. The van der Waals surface area contributed by atoms with Gasteiger partial charge < -0.3 is 32.2 Å². The van der Waals surface area contributed by atoms with Crippen molar-refractivity contribution in [2.24, 2.45) is 11.5 Å². The number of primary amides is 1. The van der Waals surface area contributed by atoms with Crippen molar-refractivity contribution < 1.29 is 24.3 Å². The number of carboxylic acids is 1. The van der Waals surface area contributed by atoms with Crippen molar-refractivity contribution in [2.75, 3.05) is 0 Å². The average Bonchev–Trinajstić information content (AvgIpc) is 3.21. The molecule has 1 aromatic heterocycles. The number of aliphatic carboxylic acids is 1. The number of fused-ring (bicyclic) bond motifs is 1. The highest BCUT2D eigenvalue weighted by atomic mass is 16.4. The van der Waals surface area contributed by atoms with Crippen molar-refractivity contribution in [1.29, 1.82) is 0 Å². The molecule has 0 radical (unpaired) electrons. The number of carbonyl (C=O) groups is 4. The van der Waals surface area contributed by atoms with E-state index in [2.05, 4.69) is 22.5 Å². The second-order valence-corrected chi connectivity index (χ2v) is 8.48. The third-order valence-electron chi connectivity index (χ3n) is 5.74. The summed E-state index contributed by atoms with van der Waals surface area (Å²) < 4.78 is 0. The van der Waals surface area contributed by atoms with Crippen LogP contribution in [0.5, 0.6) is 0 Å². The lowest BCUT2D eigenvalue weighted by molar-refractivity contribution is -0.137. The number of hydrogen-bond donors (Lipinski definition) is 6. The molecule has 34 heavy (non-hydrogen) atoms. The predicted molar refractivity (Wildman–Crippen MR) is 129 cm³/mol. The Morgan fingerprint density at radius 3 is 2.38 bits per heavy atom. The summed E-state index contributed by atoms with van der Waals surface area (Å²) in [6, 6.07) is 4.66. The molecule has 0 aliphatic heterocycles. The molecule has 10 nitrogen and oxygen atoms in total. The van der Waals surface area contributed by atoms with Crippen LogP contribution >= 0.6 is 0 Å². The molecule has 1 unspecified atom stereocenters. The van der Waals surface area contributed by atoms with Crippen molar-refractivity contribution in [3.05, 3.63) is 36.0 Å². The molecule has 2 rings (SSSR count). The summed E-state index contributed by atoms with van der Waals surface area (Å²) in [6.07, 6.45) is 5.62. The van der Waals surface area contributed by atoms with Gasteiger partial charge in [0.05, 0.1) is 6.04 Å². The lowest BCUT2D eigenvalue weighted by atomic mass is 10.0. The largest absolute Gasteiger partial charge is 0.481 e. The van der Waals surface area contributed by atoms with E-state index in [0.717, 1.165) is 35.7 Å². The summed E-state index contributed by atoms with van der Waals surface area (Å²) in [5, 5.41) is 15.0. The minimum atomic E-state index is -1.06. The molecule has 1 heterocycles. The van der Waals surface area contributed by atoms with Crippen LogP contribution in [-0.4, -0.2) is 51.9 Å². The summed E-state index contributed by atoms with van der Waals surface area (Å²) in [7, 11) is 0. The number of amides is 3. The van der Waals surface area contributed by atoms with Crippen LogP contribution in [0.3, 0.4) is 0 Å². The lowest BCUT2D eigenvalue weighted by Gasteiger charge is -2.23. The number of nitrogens with one attached hydrogen (secondary N) is 3. The monoisotopic (exact) mass is 473 g/mol. The molecule has 3 amide bonds. The maximum Gasteiger partial charge on any atom is 0.303 e. The zero-order chi connectivity index (χ0) is 25.1. The van der Waals surface area contributed by atoms with Crippen molar-refractivity contribution in [1.82, 2.24) is 15.6 Å². The Bertz CT molecular complexity index is 989. The Kier molecular flexibility index (Phi) is 10.5. The normalized spacial score (nSPS) is 13.7. The first kappa shape index (κ1) is 26.8. The molecule has 0 spiro atoms. The van der Waals surface area contributed by atoms with Gasteiger partial charge in [0, 0.05) is 29.9 Å². The Morgan fingerprint density at radius 2 is 1.71 bits per heavy atom. The van der Waals surface area contributed by atoms with E-state index in [-0.39, 0.29) is 19.3 Å². The van der Waals surface area contributed by atoms with Gasteiger partial charge >= 0.3 is 5.97 Å². The van der Waals surface area contributed by atoms with E-state index in [4.69, 9.17) is 16.6 Å². The first-order chi connectivity index (χ1) is 16.2. The van der Waals surface area contributed by atoms with Crippen LogP contribution in [0.4, 0.5) is 0 Å². The minimum absolute atomic E-state index is 0.0458. The number of benzene rings is 1. The van der Waals surface area contributed by atoms with Gasteiger partial charge in [-0.1, -0.05) is 50.8 Å². The summed E-state index contributed by atoms with van der Waals surface area (Å²) >= 11 is 0. The highest BCUT2D eigenvalue weighted by molar-refractivity contribution is 5.93. The van der Waals surface area contributed by atoms with Gasteiger partial charge in [-0.15, -0.1) is 0 Å². The van der Waals surface area contributed by atoms with Gasteiger partial charge in [0.1, 0.15) is 12.1 Å². The Hall–Kier alpha value is -3.40. The van der Waals surface area contributed by atoms with E-state index in [1.165, 1.54) is 0 Å². The number of aromatic nitrogens is 1. The fraction of sp³-hybridized carbons (Fsp3) is 0.500. The number of unbranched alkanes of at least 4 members (excludes halogenated alkanes) is 3. The standard InChI is InChI=1S/C24H35N5O5/c1-2-3-4-5-10-19(28-23(33)17(25)11-12-21(30)31)24(34)29-20(22(26)32)13-15-14-27-18-9-7-6-8-16(15)18/h6-9,14,17,19-20,27H,2-5,10-13,25H2,1H3,(H2,26,32)(H,28,33)(H,29,34)(H,30,31)/t17-,19?,20-/m0/s1. The smallest absolute Gasteiger partial charge is 0.303 e. The number of carboxylic acid groups (broad SMARTS) is 1. The summed E-state index contributed by atoms with van der Waals surface area (Å²) in [4.78, 5) is 51.6. The average molecular weight is 474 g/mol. The Labute approximate surface area is 198 Å². The molecule has 2 aromatic rings. The van der Waals surface area contributed by atoms with Gasteiger partial charge in [-0.05, 0) is 24.5 Å². The van der Waals surface area contributed by atoms with Crippen LogP contribution < -0.4 is 22.1 Å². The maximum absolute atomic E-state index is 13.1. The molecule has 0 bridgehead atoms. The fourth-order valence-corrected chi connectivity index (χ4v) is 3.75. The van der Waals surface area contributed by atoms with Crippen LogP contribution in [0.15, 0.2) is 30.5 Å². The number of nitrogens with two attached hydrogens (primary N) is 2. The molecular weight excluding hydrogens is 438 g/mol. The number of para-hydroxylation sites is 1. The molecule has 0 saturated heterocycles. The first-order valence-corrected chi connectivity index (χ1v) is 11.6. The van der Waals surface area contributed by atoms with E-state index in [1.807, 2.05) is 24.3 Å². The number of hydrogen-bond acceptors (Lipinski definition) is 5. The van der Waals surface area contributed by atoms with E-state index in [0.29, 0.717) is 12.8 Å². The van der Waals surface area contributed by atoms with Crippen molar-refractivity contribution in [3.8, 4) is 0 Å². The van der Waals surface area contributed by atoms with Crippen molar-refractivity contribution >= 4 is 34.6 Å². The minimum Gasteiger partial charge on any atom is -0.481 e. The van der Waals surface area contributed by atoms with Crippen molar-refractivity contribution in [3.63, 3.8) is 0 Å². The SMILES string of the molecule is CCCCCCC(NC(=O)[C@@H](N)CCC(=O)O)C(=O)N[C@@H](Cc1c[nH]c2ccccc12)C(N)=O. The molecule has 0 aliphatic rings. The Morgan fingerprint density at radius 1 is 1.00 bits per heavy atom. The third-order valence-corrected chi connectivity index (χ3v) is 5.74. The fourth-order valence-electron chi connectivity index (χ4n) is 3.75. The van der Waals surface area contributed by atoms with Crippen LogP contribution in [0.1, 0.15) is 57.4 Å². The molecule has 8 N–H and O–H groups in total. The zero-order valence-electron chi connectivity index (χ0n) is 19.5. The summed E-state index contributed by atoms with van der Waals surface area (Å²) in [5.74, 6) is -2.88. The summed E-state index contributed by atoms with van der Waals surface area (Å²) in [6.45, 7) is 2.07. The topological polar surface area (TPSA) is 180 Å². The van der Waals surface area contributed by atoms with E-state index < -0.39 is 41.8 Å². The van der Waals surface area contributed by atoms with Crippen molar-refractivity contribution in [2.45, 2.75) is 76.4 Å². The van der Waals surface area contributed by atoms with Gasteiger partial charge in [0.2, 0.25) is 17.7 Å². The zero-order valence-corrected chi connectivity index (χ0v) is 19.5. The number of aromatic amines is 1. The van der Waals surface area contributed by atoms with Gasteiger partial charge in [0.15, 0.2) is 0 Å². The van der Waals surface area contributed by atoms with Crippen LogP contribution in [-0.2, 0) is 25.6 Å². The second-order valence-electron chi connectivity index (χ2n) is 8.48. The van der Waals surface area contributed by atoms with Crippen LogP contribution in [0.2, 0.25) is 0 Å². The Balaban J connectivity index is 2.09. The lowest BCUT2D eigenvalue weighted by Crippen LogP contribution is -2.55. The highest BCUT2D eigenvalue weighted by Gasteiger charge is 2.27. The van der Waals surface area contributed by atoms with Crippen LogP contribution in [0, 0.1) is 0 Å². The molecule has 0 fully saturated rings. The molecular formula is C24H35N5O5. The van der Waals surface area contributed by atoms with E-state index in [1.54, 1.807) is 6.20 Å². The third kappa shape index (κ3) is 8.18. The van der Waals surface area contributed by atoms with Gasteiger partial charge in [-0.2, -0.15) is 0 Å². The quantitative estimate of drug-likeness (QED) is 0.212. The molecule has 3 atom stereocenters. The van der Waals surface area contributed by atoms with E-state index >= 15 is 0 Å². The predicted octanol–water partition coefficient (Wildman–Crippen LogP) is 1.33. The molecule has 0 aliphatic carbocycles. The second kappa shape index (κ2) is 13.3. The van der Waals surface area contributed by atoms with Gasteiger partial charge in [-0.25, -0.2) is 0 Å². The number of rotatable bonds is 15. The molecule has 10 heteroatoms. The van der Waals surface area contributed by atoms with E-state index in [9.17, 15) is 19.2 Å². The maximum atomic E-state index is 13.1. The first-order valence-electron chi connectivity index (χ1n) is 11.6.